The number of alkyl halides is 3. The Morgan fingerprint density at radius 1 is 1.06 bits per heavy atom. The Labute approximate surface area is 209 Å². The molecule has 2 heterocycles. The van der Waals surface area contributed by atoms with Gasteiger partial charge in [-0.25, -0.2) is 0 Å². The van der Waals surface area contributed by atoms with Crippen molar-refractivity contribution < 1.29 is 13.2 Å². The van der Waals surface area contributed by atoms with E-state index in [4.69, 9.17) is 4.99 Å². The van der Waals surface area contributed by atoms with Crippen molar-refractivity contribution >= 4 is 35.6 Å². The van der Waals surface area contributed by atoms with Gasteiger partial charge in [-0.3, -0.25) is 9.79 Å². The molecule has 1 aliphatic heterocycles. The maximum absolute atomic E-state index is 13.0. The SMILES string of the molecule is CCNC(=NCCCCn1ccccc1=O)N1CCN(c2cccc(C(F)(F)F)c2)CC1.I. The van der Waals surface area contributed by atoms with E-state index in [0.29, 0.717) is 45.0 Å². The molecule has 0 bridgehead atoms. The molecule has 1 aliphatic rings. The predicted molar refractivity (Wildman–Crippen MR) is 137 cm³/mol. The fraction of sp³-hybridized carbons (Fsp3) is 0.478. The number of unbranched alkanes of at least 4 members (excludes halogenated alkanes) is 1. The molecule has 0 spiro atoms. The smallest absolute Gasteiger partial charge is 0.368 e. The third-order valence-corrected chi connectivity index (χ3v) is 5.42. The highest BCUT2D eigenvalue weighted by molar-refractivity contribution is 14.0. The molecule has 6 nitrogen and oxygen atoms in total. The Morgan fingerprint density at radius 3 is 2.48 bits per heavy atom. The normalized spacial score (nSPS) is 14.7. The lowest BCUT2D eigenvalue weighted by Crippen LogP contribution is -2.52. The van der Waals surface area contributed by atoms with Crippen LogP contribution in [0.25, 0.3) is 0 Å². The van der Waals surface area contributed by atoms with Crippen molar-refractivity contribution in [1.82, 2.24) is 14.8 Å². The number of pyridine rings is 1. The van der Waals surface area contributed by atoms with Crippen LogP contribution in [-0.2, 0) is 12.7 Å². The molecule has 3 rings (SSSR count). The summed E-state index contributed by atoms with van der Waals surface area (Å²) >= 11 is 0. The maximum Gasteiger partial charge on any atom is 0.416 e. The summed E-state index contributed by atoms with van der Waals surface area (Å²) in [6, 6.07) is 10.6. The van der Waals surface area contributed by atoms with Crippen LogP contribution in [-0.4, -0.2) is 54.7 Å². The van der Waals surface area contributed by atoms with Crippen molar-refractivity contribution in [2.45, 2.75) is 32.5 Å². The topological polar surface area (TPSA) is 52.9 Å². The van der Waals surface area contributed by atoms with Crippen molar-refractivity contribution in [3.8, 4) is 0 Å². The molecular formula is C23H31F3IN5O. The van der Waals surface area contributed by atoms with Crippen LogP contribution >= 0.6 is 24.0 Å². The Hall–Kier alpha value is -2.24. The standard InChI is InChI=1S/C23H30F3N5O.HI/c1-2-27-22(28-11-4-6-13-30-12-5-3-10-21(30)32)31-16-14-29(15-17-31)20-9-7-8-19(18-20)23(24,25)26;/h3,5,7-10,12,18H,2,4,6,11,13-17H2,1H3,(H,27,28);1H. The van der Waals surface area contributed by atoms with Gasteiger partial charge in [0.1, 0.15) is 0 Å². The average molecular weight is 577 g/mol. The van der Waals surface area contributed by atoms with E-state index < -0.39 is 11.7 Å². The lowest BCUT2D eigenvalue weighted by Gasteiger charge is -2.38. The van der Waals surface area contributed by atoms with Gasteiger partial charge in [0.15, 0.2) is 5.96 Å². The Balaban J connectivity index is 0.00000385. The molecule has 0 aliphatic carbocycles. The van der Waals surface area contributed by atoms with Crippen LogP contribution in [0.5, 0.6) is 0 Å². The summed E-state index contributed by atoms with van der Waals surface area (Å²) in [6.45, 7) is 6.69. The average Bonchev–Trinajstić information content (AvgIpc) is 2.79. The fourth-order valence-corrected chi connectivity index (χ4v) is 3.71. The zero-order valence-corrected chi connectivity index (χ0v) is 21.1. The number of nitrogens with one attached hydrogen (secondary N) is 1. The van der Waals surface area contributed by atoms with E-state index in [1.165, 1.54) is 12.1 Å². The second-order valence-corrected chi connectivity index (χ2v) is 7.70. The first-order valence-corrected chi connectivity index (χ1v) is 11.0. The molecule has 2 aromatic rings. The van der Waals surface area contributed by atoms with Gasteiger partial charge in [0.25, 0.3) is 0 Å². The maximum atomic E-state index is 13.0. The van der Waals surface area contributed by atoms with Crippen molar-refractivity contribution in [2.75, 3.05) is 44.2 Å². The second-order valence-electron chi connectivity index (χ2n) is 7.70. The highest BCUT2D eigenvalue weighted by Gasteiger charge is 2.31. The lowest BCUT2D eigenvalue weighted by atomic mass is 10.1. The van der Waals surface area contributed by atoms with E-state index >= 15 is 0 Å². The molecule has 1 N–H and O–H groups in total. The van der Waals surface area contributed by atoms with Crippen molar-refractivity contribution in [3.05, 3.63) is 64.6 Å². The number of hydrogen-bond acceptors (Lipinski definition) is 3. The minimum atomic E-state index is -4.34. The number of guanidine groups is 1. The van der Waals surface area contributed by atoms with Gasteiger partial charge in [0, 0.05) is 63.8 Å². The molecule has 1 fully saturated rings. The number of aryl methyl sites for hydroxylation is 1. The van der Waals surface area contributed by atoms with Gasteiger partial charge < -0.3 is 19.7 Å². The van der Waals surface area contributed by atoms with Gasteiger partial charge in [-0.15, -0.1) is 24.0 Å². The van der Waals surface area contributed by atoms with Gasteiger partial charge in [-0.2, -0.15) is 13.2 Å². The van der Waals surface area contributed by atoms with Gasteiger partial charge in [0.05, 0.1) is 5.56 Å². The van der Waals surface area contributed by atoms with Gasteiger partial charge in [-0.05, 0) is 44.0 Å². The van der Waals surface area contributed by atoms with E-state index in [9.17, 15) is 18.0 Å². The van der Waals surface area contributed by atoms with Crippen molar-refractivity contribution in [3.63, 3.8) is 0 Å². The van der Waals surface area contributed by atoms with E-state index in [0.717, 1.165) is 31.4 Å². The highest BCUT2D eigenvalue weighted by Crippen LogP contribution is 2.31. The molecular weight excluding hydrogens is 546 g/mol. The summed E-state index contributed by atoms with van der Waals surface area (Å²) < 4.78 is 40.7. The number of piperazine rings is 1. The first-order chi connectivity index (χ1) is 15.4. The number of aromatic nitrogens is 1. The minimum Gasteiger partial charge on any atom is -0.368 e. The molecule has 33 heavy (non-hydrogen) atoms. The van der Waals surface area contributed by atoms with E-state index in [2.05, 4.69) is 10.2 Å². The quantitative estimate of drug-likeness (QED) is 0.234. The van der Waals surface area contributed by atoms with Crippen molar-refractivity contribution in [1.29, 1.82) is 0 Å². The predicted octanol–water partition coefficient (Wildman–Crippen LogP) is 4.05. The molecule has 0 unspecified atom stereocenters. The Morgan fingerprint density at radius 2 is 1.82 bits per heavy atom. The van der Waals surface area contributed by atoms with Crippen LogP contribution in [0.2, 0.25) is 0 Å². The summed E-state index contributed by atoms with van der Waals surface area (Å²) in [5.74, 6) is 0.827. The molecule has 10 heteroatoms. The van der Waals surface area contributed by atoms with Crippen LogP contribution in [0, 0.1) is 0 Å². The molecule has 1 aromatic heterocycles. The monoisotopic (exact) mass is 577 g/mol. The number of anilines is 1. The molecule has 182 valence electrons. The highest BCUT2D eigenvalue weighted by atomic mass is 127. The number of hydrogen-bond donors (Lipinski definition) is 1. The largest absolute Gasteiger partial charge is 0.416 e. The van der Waals surface area contributed by atoms with Crippen LogP contribution in [0.15, 0.2) is 58.4 Å². The number of halogens is 4. The van der Waals surface area contributed by atoms with Gasteiger partial charge >= 0.3 is 6.18 Å². The Kier molecular flexibility index (Phi) is 10.5. The van der Waals surface area contributed by atoms with Crippen molar-refractivity contribution in [2.24, 2.45) is 4.99 Å². The second kappa shape index (κ2) is 12.9. The fourth-order valence-electron chi connectivity index (χ4n) is 3.71. The molecule has 1 saturated heterocycles. The third-order valence-electron chi connectivity index (χ3n) is 5.42. The molecule has 1 aromatic carbocycles. The molecule has 0 atom stereocenters. The molecule has 0 radical (unpaired) electrons. The number of nitrogens with zero attached hydrogens (tertiary/aromatic N) is 4. The van der Waals surface area contributed by atoms with Crippen LogP contribution < -0.4 is 15.8 Å². The summed E-state index contributed by atoms with van der Waals surface area (Å²) in [4.78, 5) is 20.6. The number of benzene rings is 1. The minimum absolute atomic E-state index is 0. The van der Waals surface area contributed by atoms with Gasteiger partial charge in [-0.1, -0.05) is 12.1 Å². The molecule has 0 saturated carbocycles. The van der Waals surface area contributed by atoms with Crippen LogP contribution in [0.3, 0.4) is 0 Å². The zero-order chi connectivity index (χ0) is 23.0. The Bertz CT molecular complexity index is 955. The van der Waals surface area contributed by atoms with Crippen LogP contribution in [0.1, 0.15) is 25.3 Å². The van der Waals surface area contributed by atoms with Gasteiger partial charge in [0.2, 0.25) is 5.56 Å². The lowest BCUT2D eigenvalue weighted by molar-refractivity contribution is -0.137. The summed E-state index contributed by atoms with van der Waals surface area (Å²) in [5, 5.41) is 3.31. The first-order valence-electron chi connectivity index (χ1n) is 11.0. The van der Waals surface area contributed by atoms with E-state index in [1.807, 2.05) is 17.9 Å². The van der Waals surface area contributed by atoms with E-state index in [1.54, 1.807) is 29.0 Å². The zero-order valence-electron chi connectivity index (χ0n) is 18.7. The first kappa shape index (κ1) is 27.0. The molecule has 0 amide bonds. The summed E-state index contributed by atoms with van der Waals surface area (Å²) in [7, 11) is 0. The summed E-state index contributed by atoms with van der Waals surface area (Å²) in [6.07, 6.45) is -0.826. The number of rotatable bonds is 7. The third kappa shape index (κ3) is 7.94. The van der Waals surface area contributed by atoms with Crippen LogP contribution in [0.4, 0.5) is 18.9 Å². The van der Waals surface area contributed by atoms with E-state index in [-0.39, 0.29) is 29.5 Å². The summed E-state index contributed by atoms with van der Waals surface area (Å²) in [5.41, 5.74) is -0.0225. The number of aliphatic imine (C=N–C) groups is 1.